The summed E-state index contributed by atoms with van der Waals surface area (Å²) >= 11 is 12.5. The van der Waals surface area contributed by atoms with E-state index in [1.807, 2.05) is 0 Å². The van der Waals surface area contributed by atoms with E-state index in [9.17, 15) is 18.0 Å². The molecule has 184 valence electrons. The van der Waals surface area contributed by atoms with Crippen LogP contribution in [0, 0.1) is 0 Å². The molecule has 1 aliphatic rings. The number of carbonyl (C=O) groups is 1. The predicted octanol–water partition coefficient (Wildman–Crippen LogP) is 8.36. The summed E-state index contributed by atoms with van der Waals surface area (Å²) in [6, 6.07) is 19.6. The Morgan fingerprint density at radius 2 is 1.67 bits per heavy atom. The molecule has 0 bridgehead atoms. The van der Waals surface area contributed by atoms with E-state index in [0.717, 1.165) is 18.1 Å². The standard InChI is InChI=1S/C27H20Cl2F3N3O/c28-16-9-10-20(21(29)13-16)26(11-4-12-26)25(36)34-18-6-3-5-17(14-18)33-23-15-24(27(30,31)32)35-22-8-2-1-7-19(22)23/h1-3,5-10,13-15H,4,11-12H2,(H,33,35)(H,34,36). The highest BCUT2D eigenvalue weighted by Gasteiger charge is 2.46. The molecule has 0 radical (unpaired) electrons. The largest absolute Gasteiger partial charge is 0.433 e. The zero-order valence-electron chi connectivity index (χ0n) is 18.8. The highest BCUT2D eigenvalue weighted by atomic mass is 35.5. The normalized spacial score (nSPS) is 14.8. The number of benzene rings is 3. The van der Waals surface area contributed by atoms with Crippen LogP contribution in [-0.2, 0) is 16.4 Å². The topological polar surface area (TPSA) is 54.0 Å². The SMILES string of the molecule is O=C(Nc1cccc(Nc2cc(C(F)(F)F)nc3ccccc23)c1)C1(c2ccc(Cl)cc2Cl)CCC1. The lowest BCUT2D eigenvalue weighted by Crippen LogP contribution is -2.46. The summed E-state index contributed by atoms with van der Waals surface area (Å²) in [5, 5.41) is 7.51. The lowest BCUT2D eigenvalue weighted by atomic mass is 9.63. The molecule has 0 spiro atoms. The summed E-state index contributed by atoms with van der Waals surface area (Å²) in [6.45, 7) is 0. The lowest BCUT2D eigenvalue weighted by molar-refractivity contribution is -0.140. The van der Waals surface area contributed by atoms with Crippen molar-refractivity contribution in [2.24, 2.45) is 0 Å². The molecule has 3 aromatic carbocycles. The number of nitrogens with one attached hydrogen (secondary N) is 2. The smallest absolute Gasteiger partial charge is 0.355 e. The molecular formula is C27H20Cl2F3N3O. The van der Waals surface area contributed by atoms with E-state index in [-0.39, 0.29) is 17.1 Å². The minimum atomic E-state index is -4.59. The van der Waals surface area contributed by atoms with Gasteiger partial charge in [-0.25, -0.2) is 4.98 Å². The maximum atomic E-state index is 13.4. The Kier molecular flexibility index (Phi) is 6.30. The molecular weight excluding hydrogens is 510 g/mol. The highest BCUT2D eigenvalue weighted by molar-refractivity contribution is 6.35. The van der Waals surface area contributed by atoms with Crippen molar-refractivity contribution in [3.05, 3.63) is 94.1 Å². The number of rotatable bonds is 5. The number of para-hydroxylation sites is 1. The van der Waals surface area contributed by atoms with Crippen LogP contribution in [0.3, 0.4) is 0 Å². The quantitative estimate of drug-likeness (QED) is 0.273. The number of halogens is 5. The van der Waals surface area contributed by atoms with Gasteiger partial charge < -0.3 is 10.6 Å². The minimum Gasteiger partial charge on any atom is -0.355 e. The van der Waals surface area contributed by atoms with Gasteiger partial charge in [-0.05, 0) is 60.9 Å². The van der Waals surface area contributed by atoms with E-state index in [2.05, 4.69) is 15.6 Å². The van der Waals surface area contributed by atoms with Crippen molar-refractivity contribution in [2.75, 3.05) is 10.6 Å². The Morgan fingerprint density at radius 1 is 0.917 bits per heavy atom. The summed E-state index contributed by atoms with van der Waals surface area (Å²) in [7, 11) is 0. The van der Waals surface area contributed by atoms with Gasteiger partial charge in [0.05, 0.1) is 16.6 Å². The molecule has 5 rings (SSSR count). The minimum absolute atomic E-state index is 0.191. The van der Waals surface area contributed by atoms with Crippen LogP contribution in [-0.4, -0.2) is 10.9 Å². The summed E-state index contributed by atoms with van der Waals surface area (Å²) < 4.78 is 40.3. The van der Waals surface area contributed by atoms with Gasteiger partial charge in [0.1, 0.15) is 5.69 Å². The van der Waals surface area contributed by atoms with Crippen LogP contribution in [0.2, 0.25) is 10.0 Å². The number of aromatic nitrogens is 1. The number of pyridine rings is 1. The Bertz CT molecular complexity index is 1470. The second-order valence-electron chi connectivity index (χ2n) is 8.79. The number of anilines is 3. The number of carbonyl (C=O) groups excluding carboxylic acids is 1. The average Bonchev–Trinajstić information content (AvgIpc) is 2.79. The number of hydrogen-bond donors (Lipinski definition) is 2. The van der Waals surface area contributed by atoms with Crippen molar-refractivity contribution < 1.29 is 18.0 Å². The van der Waals surface area contributed by atoms with Gasteiger partial charge in [0.25, 0.3) is 0 Å². The van der Waals surface area contributed by atoms with Crippen LogP contribution in [0.4, 0.5) is 30.2 Å². The fraction of sp³-hybridized carbons (Fsp3) is 0.185. The number of amides is 1. The Hall–Kier alpha value is -3.29. The molecule has 0 saturated heterocycles. The van der Waals surface area contributed by atoms with Gasteiger partial charge in [-0.2, -0.15) is 13.2 Å². The maximum absolute atomic E-state index is 13.4. The van der Waals surface area contributed by atoms with Crippen molar-refractivity contribution in [3.8, 4) is 0 Å². The number of fused-ring (bicyclic) bond motifs is 1. The maximum Gasteiger partial charge on any atom is 0.433 e. The number of hydrogen-bond acceptors (Lipinski definition) is 3. The van der Waals surface area contributed by atoms with E-state index >= 15 is 0 Å². The molecule has 0 aliphatic heterocycles. The second kappa shape index (κ2) is 9.30. The van der Waals surface area contributed by atoms with Gasteiger partial charge in [-0.1, -0.05) is 60.0 Å². The van der Waals surface area contributed by atoms with Gasteiger partial charge in [-0.15, -0.1) is 0 Å². The molecule has 36 heavy (non-hydrogen) atoms. The molecule has 1 heterocycles. The third-order valence-corrected chi connectivity index (χ3v) is 7.04. The van der Waals surface area contributed by atoms with Crippen LogP contribution < -0.4 is 10.6 Å². The van der Waals surface area contributed by atoms with Crippen molar-refractivity contribution in [2.45, 2.75) is 30.9 Å². The van der Waals surface area contributed by atoms with Crippen molar-refractivity contribution in [1.82, 2.24) is 4.98 Å². The zero-order valence-corrected chi connectivity index (χ0v) is 20.3. The van der Waals surface area contributed by atoms with Crippen LogP contribution in [0.5, 0.6) is 0 Å². The predicted molar refractivity (Wildman–Crippen MR) is 137 cm³/mol. The first-order valence-electron chi connectivity index (χ1n) is 11.3. The number of nitrogens with zero attached hydrogens (tertiary/aromatic N) is 1. The van der Waals surface area contributed by atoms with Crippen molar-refractivity contribution >= 4 is 57.1 Å². The van der Waals surface area contributed by atoms with E-state index in [0.29, 0.717) is 39.6 Å². The van der Waals surface area contributed by atoms with Gasteiger partial charge in [0, 0.05) is 26.8 Å². The van der Waals surface area contributed by atoms with E-state index < -0.39 is 17.3 Å². The summed E-state index contributed by atoms with van der Waals surface area (Å²) in [5.74, 6) is -0.191. The molecule has 1 aliphatic carbocycles. The first-order chi connectivity index (χ1) is 17.2. The van der Waals surface area contributed by atoms with Gasteiger partial charge in [-0.3, -0.25) is 4.79 Å². The number of alkyl halides is 3. The molecule has 1 saturated carbocycles. The van der Waals surface area contributed by atoms with Gasteiger partial charge in [0.15, 0.2) is 0 Å². The second-order valence-corrected chi connectivity index (χ2v) is 9.63. The van der Waals surface area contributed by atoms with E-state index in [4.69, 9.17) is 23.2 Å². The third kappa shape index (κ3) is 4.61. The van der Waals surface area contributed by atoms with Crippen LogP contribution >= 0.6 is 23.2 Å². The third-order valence-electron chi connectivity index (χ3n) is 6.49. The van der Waals surface area contributed by atoms with Gasteiger partial charge >= 0.3 is 6.18 Å². The molecule has 0 atom stereocenters. The molecule has 1 aromatic heterocycles. The molecule has 1 amide bonds. The average molecular weight is 530 g/mol. The Labute approximate surface area is 215 Å². The zero-order chi connectivity index (χ0) is 25.5. The first kappa shape index (κ1) is 24.4. The van der Waals surface area contributed by atoms with Crippen molar-refractivity contribution in [3.63, 3.8) is 0 Å². The summed E-state index contributed by atoms with van der Waals surface area (Å²) in [5.41, 5.74) is 0.508. The van der Waals surface area contributed by atoms with Crippen LogP contribution in [0.15, 0.2) is 72.8 Å². The summed E-state index contributed by atoms with van der Waals surface area (Å²) in [4.78, 5) is 17.1. The molecule has 0 unspecified atom stereocenters. The van der Waals surface area contributed by atoms with E-state index in [1.54, 1.807) is 60.7 Å². The lowest BCUT2D eigenvalue weighted by Gasteiger charge is -2.41. The Balaban J connectivity index is 1.43. The van der Waals surface area contributed by atoms with Crippen LogP contribution in [0.1, 0.15) is 30.5 Å². The van der Waals surface area contributed by atoms with E-state index in [1.165, 1.54) is 6.07 Å². The molecule has 9 heteroatoms. The van der Waals surface area contributed by atoms with Crippen molar-refractivity contribution in [1.29, 1.82) is 0 Å². The fourth-order valence-corrected chi connectivity index (χ4v) is 5.12. The fourth-order valence-electron chi connectivity index (χ4n) is 4.53. The monoisotopic (exact) mass is 529 g/mol. The molecule has 4 aromatic rings. The molecule has 4 nitrogen and oxygen atoms in total. The van der Waals surface area contributed by atoms with Gasteiger partial charge in [0.2, 0.25) is 5.91 Å². The highest BCUT2D eigenvalue weighted by Crippen LogP contribution is 2.47. The van der Waals surface area contributed by atoms with Crippen LogP contribution in [0.25, 0.3) is 10.9 Å². The summed E-state index contributed by atoms with van der Waals surface area (Å²) in [6.07, 6.45) is -2.39. The Morgan fingerprint density at radius 3 is 2.36 bits per heavy atom. The molecule has 1 fully saturated rings. The molecule has 2 N–H and O–H groups in total. The first-order valence-corrected chi connectivity index (χ1v) is 12.0.